The van der Waals surface area contributed by atoms with Crippen LogP contribution in [0.5, 0.6) is 0 Å². The topological polar surface area (TPSA) is 111 Å². The summed E-state index contributed by atoms with van der Waals surface area (Å²) in [5.74, 6) is -0.150. The molecule has 10 heteroatoms. The Kier molecular flexibility index (Phi) is 8.97. The van der Waals surface area contributed by atoms with Gasteiger partial charge in [-0.3, -0.25) is 4.79 Å². The van der Waals surface area contributed by atoms with Gasteiger partial charge in [-0.2, -0.15) is 0 Å². The standard InChI is InChI=1S/C31H42N6O4/c1-34(2)25-12-16-35(17-13-25)29(38)28(21-22-7-9-24(32)10-8-22)41-31(40)36-18-14-26(15-19-36)37-20-11-23-5-3-4-6-27(23)33-30(37)39/h3-10,25-26,28H,11-21,32H2,1-2H3,(H,33,39). The molecule has 0 saturated carbocycles. The fraction of sp³-hybridized carbons (Fsp3) is 0.516. The first-order valence-corrected chi connectivity index (χ1v) is 14.7. The highest BCUT2D eigenvalue weighted by molar-refractivity contribution is 5.91. The van der Waals surface area contributed by atoms with Crippen molar-refractivity contribution in [2.45, 2.75) is 56.7 Å². The molecular formula is C31H42N6O4. The average Bonchev–Trinajstić information content (AvgIpc) is 3.15. The zero-order chi connectivity index (χ0) is 28.9. The van der Waals surface area contributed by atoms with E-state index in [1.807, 2.05) is 46.2 Å². The number of hydrogen-bond donors (Lipinski definition) is 2. The minimum Gasteiger partial charge on any atom is -0.436 e. The van der Waals surface area contributed by atoms with Crippen LogP contribution in [0.2, 0.25) is 0 Å². The van der Waals surface area contributed by atoms with E-state index in [1.165, 1.54) is 0 Å². The van der Waals surface area contributed by atoms with Crippen molar-refractivity contribution in [1.29, 1.82) is 0 Å². The third-order valence-corrected chi connectivity index (χ3v) is 8.73. The van der Waals surface area contributed by atoms with Crippen LogP contribution < -0.4 is 11.1 Å². The summed E-state index contributed by atoms with van der Waals surface area (Å²) in [6, 6.07) is 15.6. The molecule has 3 aliphatic heterocycles. The number of likely N-dealkylation sites (tertiary alicyclic amines) is 2. The first kappa shape index (κ1) is 28.7. The summed E-state index contributed by atoms with van der Waals surface area (Å²) in [5.41, 5.74) is 9.38. The van der Waals surface area contributed by atoms with E-state index in [1.54, 1.807) is 17.0 Å². The number of nitrogens with zero attached hydrogens (tertiary/aromatic N) is 4. The van der Waals surface area contributed by atoms with Crippen molar-refractivity contribution >= 4 is 29.4 Å². The number of rotatable bonds is 6. The van der Waals surface area contributed by atoms with E-state index in [-0.39, 0.29) is 18.0 Å². The highest BCUT2D eigenvalue weighted by Crippen LogP contribution is 2.25. The maximum absolute atomic E-state index is 13.6. The lowest BCUT2D eigenvalue weighted by atomic mass is 10.0. The summed E-state index contributed by atoms with van der Waals surface area (Å²) < 4.78 is 5.94. The third-order valence-electron chi connectivity index (χ3n) is 8.73. The molecular weight excluding hydrogens is 520 g/mol. The number of urea groups is 1. The summed E-state index contributed by atoms with van der Waals surface area (Å²) in [6.45, 7) is 2.87. The Balaban J connectivity index is 1.20. The molecule has 5 rings (SSSR count). The highest BCUT2D eigenvalue weighted by atomic mass is 16.6. The summed E-state index contributed by atoms with van der Waals surface area (Å²) in [5, 5.41) is 3.04. The van der Waals surface area contributed by atoms with E-state index < -0.39 is 12.2 Å². The molecule has 1 atom stereocenters. The molecule has 3 aliphatic rings. The van der Waals surface area contributed by atoms with Crippen LogP contribution in [0.1, 0.15) is 36.8 Å². The molecule has 0 aliphatic carbocycles. The number of amides is 4. The first-order chi connectivity index (χ1) is 19.8. The largest absolute Gasteiger partial charge is 0.436 e. The molecule has 2 saturated heterocycles. The Labute approximate surface area is 242 Å². The fourth-order valence-corrected chi connectivity index (χ4v) is 6.15. The number of benzene rings is 2. The summed E-state index contributed by atoms with van der Waals surface area (Å²) in [4.78, 5) is 47.5. The minimum atomic E-state index is -0.908. The van der Waals surface area contributed by atoms with Crippen LogP contribution in [0, 0.1) is 0 Å². The smallest absolute Gasteiger partial charge is 0.410 e. The number of ether oxygens (including phenoxy) is 1. The van der Waals surface area contributed by atoms with Crippen LogP contribution in [0.15, 0.2) is 48.5 Å². The molecule has 0 aromatic heterocycles. The number of nitrogens with one attached hydrogen (secondary N) is 1. The predicted octanol–water partition coefficient (Wildman–Crippen LogP) is 3.42. The second-order valence-corrected chi connectivity index (χ2v) is 11.6. The Bertz CT molecular complexity index is 1220. The molecule has 2 aromatic carbocycles. The van der Waals surface area contributed by atoms with Crippen LogP contribution in [-0.4, -0.2) is 103 Å². The van der Waals surface area contributed by atoms with Gasteiger partial charge in [-0.25, -0.2) is 9.59 Å². The van der Waals surface area contributed by atoms with E-state index in [9.17, 15) is 14.4 Å². The number of piperidine rings is 2. The minimum absolute atomic E-state index is 0.0403. The zero-order valence-corrected chi connectivity index (χ0v) is 24.1. The van der Waals surface area contributed by atoms with Crippen molar-refractivity contribution in [1.82, 2.24) is 19.6 Å². The SMILES string of the molecule is CN(C)C1CCN(C(=O)C(Cc2ccc(N)cc2)OC(=O)N2CCC(N3CCc4ccccc4NC3=O)CC2)CC1. The molecule has 2 fully saturated rings. The predicted molar refractivity (Wildman–Crippen MR) is 159 cm³/mol. The number of para-hydroxylation sites is 1. The Morgan fingerprint density at radius 3 is 2.29 bits per heavy atom. The molecule has 41 heavy (non-hydrogen) atoms. The van der Waals surface area contributed by atoms with Crippen LogP contribution >= 0.6 is 0 Å². The van der Waals surface area contributed by atoms with Gasteiger partial charge in [-0.05, 0) is 75.5 Å². The molecule has 0 spiro atoms. The number of anilines is 2. The lowest BCUT2D eigenvalue weighted by molar-refractivity contribution is -0.142. The van der Waals surface area contributed by atoms with Gasteiger partial charge in [0.15, 0.2) is 6.10 Å². The van der Waals surface area contributed by atoms with Gasteiger partial charge in [0.05, 0.1) is 0 Å². The first-order valence-electron chi connectivity index (χ1n) is 14.7. The van der Waals surface area contributed by atoms with E-state index in [0.29, 0.717) is 63.7 Å². The van der Waals surface area contributed by atoms with E-state index in [4.69, 9.17) is 10.5 Å². The maximum Gasteiger partial charge on any atom is 0.410 e. The lowest BCUT2D eigenvalue weighted by Gasteiger charge is -2.38. The average molecular weight is 563 g/mol. The van der Waals surface area contributed by atoms with Gasteiger partial charge in [0, 0.05) is 62.6 Å². The van der Waals surface area contributed by atoms with E-state index in [2.05, 4.69) is 24.3 Å². The summed E-state index contributed by atoms with van der Waals surface area (Å²) >= 11 is 0. The highest BCUT2D eigenvalue weighted by Gasteiger charge is 2.35. The second-order valence-electron chi connectivity index (χ2n) is 11.6. The molecule has 0 bridgehead atoms. The maximum atomic E-state index is 13.6. The summed E-state index contributed by atoms with van der Waals surface area (Å²) in [6.07, 6.45) is 2.80. The lowest BCUT2D eigenvalue weighted by Crippen LogP contribution is -2.52. The number of carbonyl (C=O) groups excluding carboxylic acids is 3. The van der Waals surface area contributed by atoms with E-state index in [0.717, 1.165) is 36.1 Å². The van der Waals surface area contributed by atoms with Crippen molar-refractivity contribution < 1.29 is 19.1 Å². The summed E-state index contributed by atoms with van der Waals surface area (Å²) in [7, 11) is 4.13. The molecule has 3 N–H and O–H groups in total. The number of carbonyl (C=O) groups is 3. The quantitative estimate of drug-likeness (QED) is 0.522. The van der Waals surface area contributed by atoms with Crippen LogP contribution in [0.25, 0.3) is 0 Å². The Morgan fingerprint density at radius 2 is 1.61 bits per heavy atom. The van der Waals surface area contributed by atoms with Crippen molar-refractivity contribution in [2.24, 2.45) is 0 Å². The van der Waals surface area contributed by atoms with Gasteiger partial charge in [0.2, 0.25) is 0 Å². The fourth-order valence-electron chi connectivity index (χ4n) is 6.15. The number of hydrogen-bond acceptors (Lipinski definition) is 6. The Hall–Kier alpha value is -3.79. The molecule has 1 unspecified atom stereocenters. The molecule has 4 amide bonds. The van der Waals surface area contributed by atoms with Crippen molar-refractivity contribution in [3.05, 3.63) is 59.7 Å². The number of nitrogens with two attached hydrogens (primary N) is 1. The molecule has 220 valence electrons. The van der Waals surface area contributed by atoms with Crippen LogP contribution in [0.3, 0.4) is 0 Å². The van der Waals surface area contributed by atoms with Gasteiger partial charge >= 0.3 is 12.1 Å². The normalized spacial score (nSPS) is 19.4. The van der Waals surface area contributed by atoms with Gasteiger partial charge in [0.1, 0.15) is 0 Å². The van der Waals surface area contributed by atoms with Gasteiger partial charge in [-0.15, -0.1) is 0 Å². The van der Waals surface area contributed by atoms with Crippen molar-refractivity contribution in [2.75, 3.05) is 57.9 Å². The van der Waals surface area contributed by atoms with Crippen LogP contribution in [-0.2, 0) is 22.4 Å². The van der Waals surface area contributed by atoms with E-state index >= 15 is 0 Å². The second kappa shape index (κ2) is 12.8. The molecule has 0 radical (unpaired) electrons. The zero-order valence-electron chi connectivity index (χ0n) is 24.1. The Morgan fingerprint density at radius 1 is 0.951 bits per heavy atom. The number of fused-ring (bicyclic) bond motifs is 1. The molecule has 3 heterocycles. The van der Waals surface area contributed by atoms with Gasteiger partial charge in [-0.1, -0.05) is 30.3 Å². The van der Waals surface area contributed by atoms with Crippen molar-refractivity contribution in [3.63, 3.8) is 0 Å². The van der Waals surface area contributed by atoms with Crippen molar-refractivity contribution in [3.8, 4) is 0 Å². The molecule has 10 nitrogen and oxygen atoms in total. The van der Waals surface area contributed by atoms with Crippen LogP contribution in [0.4, 0.5) is 21.0 Å². The third kappa shape index (κ3) is 6.93. The van der Waals surface area contributed by atoms with Gasteiger partial charge < -0.3 is 35.4 Å². The monoisotopic (exact) mass is 562 g/mol. The number of nitrogen functional groups attached to an aromatic ring is 1. The van der Waals surface area contributed by atoms with Gasteiger partial charge in [0.25, 0.3) is 5.91 Å². The molecule has 2 aromatic rings.